The summed E-state index contributed by atoms with van der Waals surface area (Å²) in [6, 6.07) is 38.6. The molecule has 0 amide bonds. The molecule has 0 heterocycles. The quantitative estimate of drug-likeness (QED) is 0.210. The molecule has 0 spiro atoms. The Labute approximate surface area is 197 Å². The Bertz CT molecular complexity index is 1110. The second-order valence-corrected chi connectivity index (χ2v) is 17.5. The van der Waals surface area contributed by atoms with Crippen molar-refractivity contribution < 1.29 is 9.59 Å². The van der Waals surface area contributed by atoms with Crippen molar-refractivity contribution >= 4 is 43.0 Å². The number of hydrogen-bond donors (Lipinski definition) is 0. The number of carbonyl (C=O) groups is 2. The van der Waals surface area contributed by atoms with Gasteiger partial charge in [0.2, 0.25) is 0 Å². The van der Waals surface area contributed by atoms with Crippen LogP contribution in [0.4, 0.5) is 0 Å². The minimum atomic E-state index is -3.44. The van der Waals surface area contributed by atoms with Crippen LogP contribution in [0.1, 0.15) is 20.7 Å². The second-order valence-electron chi connectivity index (χ2n) is 7.94. The molecule has 0 aromatic heterocycles. The van der Waals surface area contributed by atoms with Gasteiger partial charge in [0.25, 0.3) is 0 Å². The molecule has 4 aromatic carbocycles. The van der Waals surface area contributed by atoms with E-state index in [4.69, 9.17) is 0 Å². The Morgan fingerprint density at radius 1 is 0.500 bits per heavy atom. The van der Waals surface area contributed by atoms with Crippen LogP contribution in [0.15, 0.2) is 121 Å². The van der Waals surface area contributed by atoms with Crippen LogP contribution in [-0.4, -0.2) is 23.9 Å². The molecule has 2 nitrogen and oxygen atoms in total. The van der Waals surface area contributed by atoms with Crippen molar-refractivity contribution in [2.75, 3.05) is 12.3 Å². The van der Waals surface area contributed by atoms with Gasteiger partial charge in [0.05, 0.1) is 0 Å². The molecule has 0 saturated carbocycles. The van der Waals surface area contributed by atoms with Crippen LogP contribution in [0.3, 0.4) is 0 Å². The fourth-order valence-corrected chi connectivity index (χ4v) is 11.3. The molecule has 0 radical (unpaired) electrons. The average molecular weight is 503 g/mol. The first-order valence-electron chi connectivity index (χ1n) is 10.5. The van der Waals surface area contributed by atoms with Crippen LogP contribution in [0.2, 0.25) is 0 Å². The molecular weight excluding hydrogens is 479 g/mol. The van der Waals surface area contributed by atoms with Gasteiger partial charge in [0.15, 0.2) is 0 Å². The number of benzene rings is 4. The van der Waals surface area contributed by atoms with Crippen molar-refractivity contribution in [3.05, 3.63) is 132 Å². The zero-order chi connectivity index (χ0) is 22.5. The van der Waals surface area contributed by atoms with E-state index < -0.39 is 5.31 Å². The summed E-state index contributed by atoms with van der Waals surface area (Å²) in [5.74, 6) is 0.0439. The van der Waals surface area contributed by atoms with Crippen molar-refractivity contribution in [3.63, 3.8) is 0 Å². The molecule has 0 aliphatic rings. The summed E-state index contributed by atoms with van der Waals surface area (Å²) in [5.41, 5.74) is 1.31. The topological polar surface area (TPSA) is 34.1 Å². The predicted octanol–water partition coefficient (Wildman–Crippen LogP) is 6.27. The van der Waals surface area contributed by atoms with Gasteiger partial charge in [-0.15, -0.1) is 0 Å². The van der Waals surface area contributed by atoms with Gasteiger partial charge in [0.1, 0.15) is 0 Å². The maximum absolute atomic E-state index is 13.6. The third-order valence-corrected chi connectivity index (χ3v) is 14.7. The first-order chi connectivity index (χ1) is 15.5. The predicted molar refractivity (Wildman–Crippen MR) is 139 cm³/mol. The number of carbonyl (C=O) groups excluding carboxylic acids is 2. The molecule has 0 fully saturated rings. The van der Waals surface area contributed by atoms with Crippen molar-refractivity contribution in [2.45, 2.75) is 0 Å². The van der Waals surface area contributed by atoms with E-state index in [1.807, 2.05) is 121 Å². The summed E-state index contributed by atoms with van der Waals surface area (Å²) in [4.78, 5) is 27.2. The molecule has 160 valence electrons. The van der Waals surface area contributed by atoms with E-state index in [2.05, 4.69) is 15.5 Å². The van der Waals surface area contributed by atoms with Gasteiger partial charge in [-0.3, -0.25) is 0 Å². The van der Waals surface area contributed by atoms with Crippen molar-refractivity contribution in [2.24, 2.45) is 0 Å². The fraction of sp³-hybridized carbons (Fsp3) is 0.0714. The molecule has 0 unspecified atom stereocenters. The van der Waals surface area contributed by atoms with Crippen molar-refractivity contribution in [3.8, 4) is 0 Å². The number of hydrogen-bond acceptors (Lipinski definition) is 2. The van der Waals surface area contributed by atoms with Crippen LogP contribution in [0.5, 0.6) is 0 Å². The summed E-state index contributed by atoms with van der Waals surface area (Å²) >= 11 is 4.19. The van der Waals surface area contributed by atoms with Crippen LogP contribution in [0.25, 0.3) is 0 Å². The van der Waals surface area contributed by atoms with Crippen molar-refractivity contribution in [1.82, 2.24) is 0 Å². The zero-order valence-electron chi connectivity index (χ0n) is 17.6. The molecule has 0 atom stereocenters. The molecule has 4 aromatic rings. The normalized spacial score (nSPS) is 12.5. The van der Waals surface area contributed by atoms with E-state index in [1.54, 1.807) is 0 Å². The average Bonchev–Trinajstić information content (AvgIpc) is 2.86. The molecule has 4 rings (SSSR count). The molecular formula is C28H24BrO2P. The SMILES string of the molecule is O=C(CP(Br)(CC(=O)c1ccccc1)(c1ccccc1)c1ccccc1)c1ccccc1. The van der Waals surface area contributed by atoms with Gasteiger partial charge < -0.3 is 0 Å². The van der Waals surface area contributed by atoms with Gasteiger partial charge in [-0.05, 0) is 0 Å². The maximum atomic E-state index is 13.6. The van der Waals surface area contributed by atoms with E-state index in [1.165, 1.54) is 0 Å². The van der Waals surface area contributed by atoms with E-state index in [9.17, 15) is 9.59 Å². The summed E-state index contributed by atoms with van der Waals surface area (Å²) in [6.45, 7) is 0. The Kier molecular flexibility index (Phi) is 6.50. The minimum absolute atomic E-state index is 0.0220. The van der Waals surface area contributed by atoms with E-state index in [-0.39, 0.29) is 23.9 Å². The van der Waals surface area contributed by atoms with Crippen LogP contribution in [0, 0.1) is 0 Å². The molecule has 0 bridgehead atoms. The van der Waals surface area contributed by atoms with Gasteiger partial charge in [-0.1, -0.05) is 0 Å². The second kappa shape index (κ2) is 9.32. The number of rotatable bonds is 8. The van der Waals surface area contributed by atoms with Gasteiger partial charge in [0, 0.05) is 0 Å². The monoisotopic (exact) mass is 502 g/mol. The number of halogens is 1. The Balaban J connectivity index is 1.92. The summed E-state index contributed by atoms with van der Waals surface area (Å²) < 4.78 is 0. The first kappa shape index (κ1) is 22.3. The van der Waals surface area contributed by atoms with Crippen LogP contribution < -0.4 is 10.6 Å². The Morgan fingerprint density at radius 2 is 0.781 bits per heavy atom. The third kappa shape index (κ3) is 4.37. The van der Waals surface area contributed by atoms with Gasteiger partial charge >= 0.3 is 197 Å². The Hall–Kier alpha value is -2.87. The summed E-state index contributed by atoms with van der Waals surface area (Å²) in [5, 5.41) is -1.45. The molecule has 4 heteroatoms. The Morgan fingerprint density at radius 3 is 1.09 bits per heavy atom. The van der Waals surface area contributed by atoms with Gasteiger partial charge in [-0.25, -0.2) is 0 Å². The standard InChI is InChI=1S/C28H24BrO2P/c29-32(25-17-9-3-10-18-25,26-19-11-4-12-20-26,21-27(30)23-13-5-1-6-14-23)22-28(31)24-15-7-2-8-16-24/h1-20H,21-22H2. The molecule has 0 aliphatic carbocycles. The number of Topliss-reactive ketones (excluding diaryl/α,β-unsaturated/α-hetero) is 2. The fourth-order valence-electron chi connectivity index (χ4n) is 4.14. The first-order valence-corrected chi connectivity index (χ1v) is 15.1. The molecule has 0 saturated heterocycles. The summed E-state index contributed by atoms with van der Waals surface area (Å²) in [7, 11) is 0. The van der Waals surface area contributed by atoms with Gasteiger partial charge in [-0.2, -0.15) is 0 Å². The van der Waals surface area contributed by atoms with E-state index in [0.29, 0.717) is 11.1 Å². The van der Waals surface area contributed by atoms with E-state index >= 15 is 0 Å². The molecule has 0 aliphatic heterocycles. The molecule has 0 N–H and O–H groups in total. The van der Waals surface area contributed by atoms with E-state index in [0.717, 1.165) is 10.6 Å². The third-order valence-electron chi connectivity index (χ3n) is 5.83. The van der Waals surface area contributed by atoms with Crippen LogP contribution in [-0.2, 0) is 0 Å². The van der Waals surface area contributed by atoms with Crippen molar-refractivity contribution in [1.29, 1.82) is 0 Å². The van der Waals surface area contributed by atoms with Crippen LogP contribution >= 0.6 is 20.8 Å². The summed E-state index contributed by atoms with van der Waals surface area (Å²) in [6.07, 6.45) is 0.449. The molecule has 32 heavy (non-hydrogen) atoms. The zero-order valence-corrected chi connectivity index (χ0v) is 20.1. The number of ketones is 2.